The molecule has 0 radical (unpaired) electrons. The number of pyridine rings is 1. The van der Waals surface area contributed by atoms with Crippen LogP contribution in [0.5, 0.6) is 0 Å². The molecule has 9 heterocycles. The molecule has 0 saturated carbocycles. The van der Waals surface area contributed by atoms with Gasteiger partial charge >= 0.3 is 5.97 Å². The van der Waals surface area contributed by atoms with Crippen LogP contribution in [0.1, 0.15) is 203 Å². The van der Waals surface area contributed by atoms with Gasteiger partial charge in [0.15, 0.2) is 0 Å². The molecule has 5 aliphatic rings. The van der Waals surface area contributed by atoms with Crippen molar-refractivity contribution >= 4 is 145 Å². The molecule has 4 aliphatic heterocycles. The first-order valence-corrected chi connectivity index (χ1v) is 40.1. The minimum absolute atomic E-state index is 0.0158. The molecular formula is C72H85N19O18S5. The summed E-state index contributed by atoms with van der Waals surface area (Å²) < 4.78 is 6.26. The van der Waals surface area contributed by atoms with Gasteiger partial charge < -0.3 is 89.2 Å². The molecule has 0 saturated heterocycles. The zero-order valence-corrected chi connectivity index (χ0v) is 67.1. The summed E-state index contributed by atoms with van der Waals surface area (Å²) in [5, 5.41) is 92.2. The van der Waals surface area contributed by atoms with E-state index in [1.807, 2.05) is 0 Å². The number of carbonyl (C=O) groups is 12. The molecule has 13 bridgehead atoms. The maximum Gasteiger partial charge on any atom is 0.357 e. The van der Waals surface area contributed by atoms with Gasteiger partial charge in [0.1, 0.15) is 113 Å². The standard InChI is InChI=1S/C72H85N19O18S5/c1-14-26(3)47-63(105)78-30(7)57(99)75-28(5)56(98)76-31(8)58(100)91-72-19-18-40(66-85-43(22-111-66)59(101)77-29(6)55(97)74-27(4)54(73)96)81-52(72)42-21-112-67(83-42)49(34(11)109-69(107)41-20-37(32(9)92)36-16-17-39(79-47)51(95)50(36)80-41)89-60(102)44-24-113-68(86-44)53(71(13,108)35(12)94)90-62(104)45-23-110-65(84-45)38(15-2)82-64(106)48(33(10)93)88-61(103)46-25-114-70(72)87-46/h15-17,20-22,24-26,30-35,39,45,47-49,51-53,79,92-95,108H,4-6,14,18-19,23H2,1-3,7-13H3,(H2,73,96)(H,74,97)(H,75,99)(H,76,98)(H,77,101)(H,78,105)(H,82,106)(H,88,103)(H,89,102)(H,90,104)(H,91,100)/t26-,30-,31+,32+,33-,34-,35-,39-,45+,47+,48-,49+,51-,52+,53+,71-,72-/m0/s1. The van der Waals surface area contributed by atoms with Crippen LogP contribution in [0, 0.1) is 5.92 Å². The van der Waals surface area contributed by atoms with Crippen LogP contribution in [0.15, 0.2) is 92.2 Å². The zero-order valence-electron chi connectivity index (χ0n) is 63.0. The summed E-state index contributed by atoms with van der Waals surface area (Å²) in [6.45, 7) is 24.9. The third-order valence-electron chi connectivity index (χ3n) is 19.5. The molecule has 42 heteroatoms. The minimum atomic E-state index is -2.21. The van der Waals surface area contributed by atoms with Crippen LogP contribution in [-0.4, -0.2) is 198 Å². The predicted molar refractivity (Wildman–Crippen MR) is 418 cm³/mol. The summed E-state index contributed by atoms with van der Waals surface area (Å²) in [7, 11) is 0. The van der Waals surface area contributed by atoms with Crippen LogP contribution in [0.3, 0.4) is 0 Å². The number of aromatic nitrogens is 5. The topological polar surface area (TPSA) is 563 Å². The highest BCUT2D eigenvalue weighted by Gasteiger charge is 2.51. The second-order valence-corrected chi connectivity index (χ2v) is 32.3. The lowest BCUT2D eigenvalue weighted by molar-refractivity contribution is -0.131. The SMILES string of the molecule is C=C(NC(=O)C(=C)NC(=O)c1csc(C2=N[C@@H]3c4csc(n4)[C@@H]4NC(=O)c5csc(n5)[C@H]([C@@](C)(O)[C@H](C)O)NC(=O)[C@H]5CSC(=N5)C(=CC)NC(=O)[C@H]([C@H](C)O)NC(=O)c5csc(n5)[C@@]3(CC2)NC(=O)[C@@H](C)NC(=O)C(=C)NC(=O)[C@H](C)NC(=O)[C@@H]([C@@H](C)CC)N[C@H]2C=Cc3c([C@@H](C)O)cc(nc3[C@H]2O)C(=O)O[C@H]4C)n1)C(N)=O. The van der Waals surface area contributed by atoms with Crippen LogP contribution in [0.2, 0.25) is 0 Å². The van der Waals surface area contributed by atoms with Crippen molar-refractivity contribution in [3.05, 3.63) is 148 Å². The second-order valence-electron chi connectivity index (χ2n) is 27.8. The number of primary amides is 1. The molecule has 0 aromatic carbocycles. The Kier molecular flexibility index (Phi) is 26.7. The number of allylic oxidation sites excluding steroid dienone is 1. The summed E-state index contributed by atoms with van der Waals surface area (Å²) >= 11 is 4.42. The van der Waals surface area contributed by atoms with Crippen molar-refractivity contribution in [1.29, 1.82) is 0 Å². The number of nitrogens with two attached hydrogens (primary N) is 1. The van der Waals surface area contributed by atoms with Crippen molar-refractivity contribution in [3.63, 3.8) is 0 Å². The van der Waals surface area contributed by atoms with Gasteiger partial charge in [-0.3, -0.25) is 68.0 Å². The van der Waals surface area contributed by atoms with E-state index in [1.165, 1.54) is 88.2 Å². The first-order chi connectivity index (χ1) is 53.7. The van der Waals surface area contributed by atoms with E-state index < -0.39 is 196 Å². The molecule has 1 aliphatic carbocycles. The van der Waals surface area contributed by atoms with E-state index in [9.17, 15) is 68.7 Å². The predicted octanol–water partition coefficient (Wildman–Crippen LogP) is 0.774. The summed E-state index contributed by atoms with van der Waals surface area (Å²) in [4.78, 5) is 204. The summed E-state index contributed by atoms with van der Waals surface area (Å²) in [6, 6.07) is -11.6. The number of nitrogens with one attached hydrogen (secondary N) is 11. The van der Waals surface area contributed by atoms with Crippen molar-refractivity contribution < 1.29 is 87.8 Å². The van der Waals surface area contributed by atoms with Crippen LogP contribution >= 0.6 is 57.1 Å². The zero-order chi connectivity index (χ0) is 83.4. The smallest absolute Gasteiger partial charge is 0.357 e. The third kappa shape index (κ3) is 18.6. The fourth-order valence-corrected chi connectivity index (χ4v) is 17.2. The molecule has 10 rings (SSSR count). The number of esters is 1. The fourth-order valence-electron chi connectivity index (χ4n) is 12.3. The first kappa shape index (κ1) is 85.9. The molecule has 5 aromatic rings. The summed E-state index contributed by atoms with van der Waals surface area (Å²) in [5.74, 6) is -12.2. The monoisotopic (exact) mass is 1660 g/mol. The summed E-state index contributed by atoms with van der Waals surface area (Å²) in [5.41, 5.74) is -1.79. The highest BCUT2D eigenvalue weighted by atomic mass is 32.2. The van der Waals surface area contributed by atoms with Gasteiger partial charge in [-0.2, -0.15) is 0 Å². The van der Waals surface area contributed by atoms with E-state index in [2.05, 4.69) is 98.2 Å². The van der Waals surface area contributed by atoms with Crippen LogP contribution < -0.4 is 64.2 Å². The molecule has 37 nitrogen and oxygen atoms in total. The Labute approximate surface area is 671 Å². The van der Waals surface area contributed by atoms with E-state index >= 15 is 14.4 Å². The Hall–Kier alpha value is -10.5. The van der Waals surface area contributed by atoms with E-state index in [0.717, 1.165) is 57.1 Å². The largest absolute Gasteiger partial charge is 0.455 e. The number of aliphatic hydroxyl groups is 5. The minimum Gasteiger partial charge on any atom is -0.455 e. The Bertz CT molecular complexity index is 4880. The van der Waals surface area contributed by atoms with Gasteiger partial charge in [0.2, 0.25) is 29.5 Å². The van der Waals surface area contributed by atoms with Gasteiger partial charge in [0.05, 0.1) is 70.3 Å². The average Bonchev–Trinajstić information content (AvgIpc) is 1.50. The van der Waals surface area contributed by atoms with Gasteiger partial charge in [0, 0.05) is 32.8 Å². The number of carbonyl (C=O) groups excluding carboxylic acids is 12. The van der Waals surface area contributed by atoms with Crippen LogP contribution in [0.25, 0.3) is 6.08 Å². The van der Waals surface area contributed by atoms with Crippen molar-refractivity contribution in [2.24, 2.45) is 21.6 Å². The van der Waals surface area contributed by atoms with Gasteiger partial charge in [-0.25, -0.2) is 29.7 Å². The number of hydrogen-bond acceptors (Lipinski definition) is 31. The molecular weight excluding hydrogens is 1580 g/mol. The number of nitrogens with zero attached hydrogens (tertiary/aromatic N) is 7. The lowest BCUT2D eigenvalue weighted by atomic mass is 9.80. The quantitative estimate of drug-likeness (QED) is 0.0606. The normalized spacial score (nSPS) is 26.9. The Morgan fingerprint density at radius 3 is 2.12 bits per heavy atom. The van der Waals surface area contributed by atoms with E-state index in [-0.39, 0.29) is 94.7 Å². The number of thioether (sulfide) groups is 1. The molecule has 606 valence electrons. The second kappa shape index (κ2) is 35.5. The molecule has 11 amide bonds. The number of thiazole rings is 4. The van der Waals surface area contributed by atoms with Crippen molar-refractivity contribution in [3.8, 4) is 0 Å². The van der Waals surface area contributed by atoms with Crippen molar-refractivity contribution in [1.82, 2.24) is 83.4 Å². The van der Waals surface area contributed by atoms with Gasteiger partial charge in [-0.15, -0.1) is 57.1 Å². The maximum absolute atomic E-state index is 15.4. The molecule has 114 heavy (non-hydrogen) atoms. The molecule has 18 N–H and O–H groups in total. The number of rotatable bonds is 12. The third-order valence-corrected chi connectivity index (χ3v) is 24.3. The number of amides is 11. The average molecular weight is 1660 g/mol. The van der Waals surface area contributed by atoms with Crippen LogP contribution in [0.4, 0.5) is 0 Å². The Morgan fingerprint density at radius 1 is 0.763 bits per heavy atom. The first-order valence-electron chi connectivity index (χ1n) is 35.6. The molecule has 5 aromatic heterocycles. The Morgan fingerprint density at radius 2 is 1.45 bits per heavy atom. The molecule has 17 atom stereocenters. The van der Waals surface area contributed by atoms with E-state index in [1.54, 1.807) is 26.8 Å². The van der Waals surface area contributed by atoms with Gasteiger partial charge in [-0.1, -0.05) is 58.2 Å². The number of cyclic esters (lactones) is 1. The molecule has 0 unspecified atom stereocenters. The maximum atomic E-state index is 15.4. The highest BCUT2D eigenvalue weighted by molar-refractivity contribution is 8.14. The number of hydrogen-bond donors (Lipinski definition) is 17. The van der Waals surface area contributed by atoms with Crippen molar-refractivity contribution in [2.45, 2.75) is 185 Å². The molecule has 0 fully saturated rings. The summed E-state index contributed by atoms with van der Waals surface area (Å²) in [6.07, 6.45) is -3.18. The van der Waals surface area contributed by atoms with E-state index in [0.29, 0.717) is 6.42 Å². The highest BCUT2D eigenvalue weighted by Crippen LogP contribution is 2.48. The molecule has 0 spiro atoms. The van der Waals surface area contributed by atoms with Crippen molar-refractivity contribution in [2.75, 3.05) is 5.75 Å². The number of fused-ring (bicyclic) bond motifs is 7. The van der Waals surface area contributed by atoms with E-state index in [4.69, 9.17) is 25.4 Å². The number of aliphatic imine (C=N–C) groups is 2. The van der Waals surface area contributed by atoms with Gasteiger partial charge in [-0.05, 0) is 85.8 Å². The number of aliphatic hydroxyl groups excluding tert-OH is 4. The Balaban J connectivity index is 1.18. The van der Waals surface area contributed by atoms with Crippen LogP contribution in [-0.2, 0) is 48.6 Å². The lowest BCUT2D eigenvalue weighted by Gasteiger charge is -2.41. The lowest BCUT2D eigenvalue weighted by Crippen LogP contribution is -2.57. The fraction of sp³-hybridized carbons (Fsp3) is 0.431. The number of ether oxygens (including phenoxy) is 1. The van der Waals surface area contributed by atoms with Gasteiger partial charge in [0.25, 0.3) is 35.4 Å².